The van der Waals surface area contributed by atoms with Crippen LogP contribution in [0.3, 0.4) is 0 Å². The van der Waals surface area contributed by atoms with Crippen LogP contribution < -0.4 is 0 Å². The molecule has 0 spiro atoms. The van der Waals surface area contributed by atoms with Crippen molar-refractivity contribution >= 4 is 17.2 Å². The Labute approximate surface area is 123 Å². The van der Waals surface area contributed by atoms with Crippen LogP contribution in [0.25, 0.3) is 0 Å². The fourth-order valence-corrected chi connectivity index (χ4v) is 3.47. The van der Waals surface area contributed by atoms with Gasteiger partial charge in [-0.15, -0.1) is 11.3 Å². The number of rotatable bonds is 2. The minimum absolute atomic E-state index is 0.0688. The first-order valence-electron chi connectivity index (χ1n) is 7.08. The van der Waals surface area contributed by atoms with E-state index in [-0.39, 0.29) is 11.9 Å². The van der Waals surface area contributed by atoms with E-state index in [2.05, 4.69) is 15.6 Å². The van der Waals surface area contributed by atoms with E-state index < -0.39 is 0 Å². The van der Waals surface area contributed by atoms with Gasteiger partial charge in [-0.05, 0) is 25.0 Å². The molecule has 106 valence electrons. The van der Waals surface area contributed by atoms with Crippen LogP contribution in [-0.2, 0) is 7.05 Å². The minimum atomic E-state index is 0.0688. The van der Waals surface area contributed by atoms with Crippen LogP contribution in [0.1, 0.15) is 47.9 Å². The summed E-state index contributed by atoms with van der Waals surface area (Å²) < 4.78 is 2.12. The van der Waals surface area contributed by atoms with Crippen molar-refractivity contribution in [2.24, 2.45) is 7.05 Å². The van der Waals surface area contributed by atoms with E-state index in [1.165, 1.54) is 29.9 Å². The van der Waals surface area contributed by atoms with Gasteiger partial charge in [0, 0.05) is 30.9 Å². The third kappa shape index (κ3) is 2.50. The topological polar surface area (TPSA) is 38.1 Å². The van der Waals surface area contributed by atoms with Crippen molar-refractivity contribution in [2.45, 2.75) is 31.7 Å². The number of aryl methyl sites for hydroxylation is 1. The van der Waals surface area contributed by atoms with Crippen molar-refractivity contribution in [2.75, 3.05) is 6.54 Å². The average molecular weight is 289 g/mol. The van der Waals surface area contributed by atoms with Crippen molar-refractivity contribution in [1.82, 2.24) is 14.5 Å². The first kappa shape index (κ1) is 13.4. The molecule has 4 nitrogen and oxygen atoms in total. The van der Waals surface area contributed by atoms with Gasteiger partial charge >= 0.3 is 0 Å². The highest BCUT2D eigenvalue weighted by molar-refractivity contribution is 7.07. The number of carbonyl (C=O) groups is 1. The van der Waals surface area contributed by atoms with E-state index in [1.807, 2.05) is 29.6 Å². The van der Waals surface area contributed by atoms with Crippen LogP contribution in [0.4, 0.5) is 0 Å². The predicted molar refractivity (Wildman–Crippen MR) is 79.8 cm³/mol. The Bertz CT molecular complexity index is 576. The average Bonchev–Trinajstić information content (AvgIpc) is 3.05. The summed E-state index contributed by atoms with van der Waals surface area (Å²) in [5, 5.41) is 1.84. The lowest BCUT2D eigenvalue weighted by atomic mass is 10.1. The molecule has 1 aliphatic heterocycles. The summed E-state index contributed by atoms with van der Waals surface area (Å²) in [6, 6.07) is 4.34. The van der Waals surface area contributed by atoms with Crippen LogP contribution in [-0.4, -0.2) is 26.9 Å². The van der Waals surface area contributed by atoms with Gasteiger partial charge in [-0.2, -0.15) is 0 Å². The van der Waals surface area contributed by atoms with Gasteiger partial charge in [-0.25, -0.2) is 4.98 Å². The first-order valence-corrected chi connectivity index (χ1v) is 8.02. The summed E-state index contributed by atoms with van der Waals surface area (Å²) in [7, 11) is 2.05. The molecule has 3 rings (SSSR count). The largest absolute Gasteiger partial charge is 0.353 e. The molecule has 1 amide bonds. The van der Waals surface area contributed by atoms with Gasteiger partial charge in [0.2, 0.25) is 0 Å². The maximum absolute atomic E-state index is 12.7. The molecule has 0 saturated carbocycles. The third-order valence-corrected chi connectivity index (χ3v) is 4.58. The molecule has 1 saturated heterocycles. The number of likely N-dealkylation sites (tertiary alicyclic amines) is 1. The molecule has 2 aromatic heterocycles. The van der Waals surface area contributed by atoms with Crippen molar-refractivity contribution in [3.05, 3.63) is 40.6 Å². The number of hydrogen-bond acceptors (Lipinski definition) is 3. The quantitative estimate of drug-likeness (QED) is 0.851. The zero-order chi connectivity index (χ0) is 13.9. The predicted octanol–water partition coefficient (Wildman–Crippen LogP) is 3.24. The molecule has 20 heavy (non-hydrogen) atoms. The number of amides is 1. The fraction of sp³-hybridized carbons (Fsp3) is 0.467. The maximum Gasteiger partial charge on any atom is 0.273 e. The molecule has 5 heteroatoms. The summed E-state index contributed by atoms with van der Waals surface area (Å²) in [6.45, 7) is 0.826. The molecule has 0 bridgehead atoms. The molecule has 0 aliphatic carbocycles. The van der Waals surface area contributed by atoms with Crippen LogP contribution in [0.2, 0.25) is 0 Å². The maximum atomic E-state index is 12.7. The van der Waals surface area contributed by atoms with E-state index in [0.717, 1.165) is 19.4 Å². The smallest absolute Gasteiger partial charge is 0.273 e. The molecule has 0 aromatic carbocycles. The fourth-order valence-electron chi connectivity index (χ4n) is 2.94. The van der Waals surface area contributed by atoms with Crippen molar-refractivity contribution in [1.29, 1.82) is 0 Å². The van der Waals surface area contributed by atoms with Gasteiger partial charge in [-0.1, -0.05) is 12.8 Å². The highest BCUT2D eigenvalue weighted by Crippen LogP contribution is 2.31. The van der Waals surface area contributed by atoms with Gasteiger partial charge < -0.3 is 9.47 Å². The molecule has 0 N–H and O–H groups in total. The Morgan fingerprint density at radius 1 is 1.40 bits per heavy atom. The molecule has 0 radical (unpaired) electrons. The highest BCUT2D eigenvalue weighted by atomic mass is 32.1. The van der Waals surface area contributed by atoms with Gasteiger partial charge in [0.05, 0.1) is 11.6 Å². The lowest BCUT2D eigenvalue weighted by molar-refractivity contribution is 0.0669. The van der Waals surface area contributed by atoms with Gasteiger partial charge in [0.25, 0.3) is 5.91 Å². The number of nitrogens with zero attached hydrogens (tertiary/aromatic N) is 3. The molecular weight excluding hydrogens is 270 g/mol. The molecular formula is C15H19N3OS. The zero-order valence-electron chi connectivity index (χ0n) is 11.7. The molecule has 1 aliphatic rings. The first-order chi connectivity index (χ1) is 9.77. The number of carbonyl (C=O) groups excluding carboxylic acids is 1. The Kier molecular flexibility index (Phi) is 3.87. The third-order valence-electron chi connectivity index (χ3n) is 3.99. The molecule has 1 atom stereocenters. The Morgan fingerprint density at radius 2 is 2.30 bits per heavy atom. The summed E-state index contributed by atoms with van der Waals surface area (Å²) in [6.07, 6.45) is 6.54. The van der Waals surface area contributed by atoms with E-state index >= 15 is 0 Å². The van der Waals surface area contributed by atoms with E-state index in [4.69, 9.17) is 0 Å². The lowest BCUT2D eigenvalue weighted by Crippen LogP contribution is -2.35. The van der Waals surface area contributed by atoms with E-state index in [1.54, 1.807) is 5.51 Å². The number of thiazole rings is 1. The van der Waals surface area contributed by atoms with Crippen LogP contribution in [0.15, 0.2) is 29.2 Å². The second-order valence-corrected chi connectivity index (χ2v) is 6.00. The standard InChI is InChI=1S/C15H19N3OS/c1-17-8-5-7-13(17)14-6-3-2-4-9-18(14)15(19)12-10-20-11-16-12/h5,7-8,10-11,14H,2-4,6,9H2,1H3. The van der Waals surface area contributed by atoms with Crippen molar-refractivity contribution in [3.63, 3.8) is 0 Å². The second-order valence-electron chi connectivity index (χ2n) is 5.28. The zero-order valence-corrected chi connectivity index (χ0v) is 12.5. The number of aromatic nitrogens is 2. The van der Waals surface area contributed by atoms with Crippen LogP contribution in [0.5, 0.6) is 0 Å². The molecule has 2 aromatic rings. The Morgan fingerprint density at radius 3 is 3.00 bits per heavy atom. The number of hydrogen-bond donors (Lipinski definition) is 0. The van der Waals surface area contributed by atoms with Crippen LogP contribution >= 0.6 is 11.3 Å². The molecule has 1 fully saturated rings. The normalized spacial score (nSPS) is 19.9. The minimum Gasteiger partial charge on any atom is -0.353 e. The summed E-state index contributed by atoms with van der Waals surface area (Å²) in [4.78, 5) is 18.9. The van der Waals surface area contributed by atoms with E-state index in [0.29, 0.717) is 5.69 Å². The monoisotopic (exact) mass is 289 g/mol. The van der Waals surface area contributed by atoms with Gasteiger partial charge in [0.1, 0.15) is 5.69 Å². The SMILES string of the molecule is Cn1cccc1C1CCCCCN1C(=O)c1cscn1. The summed E-state index contributed by atoms with van der Waals surface area (Å²) in [5.74, 6) is 0.0688. The van der Waals surface area contributed by atoms with Gasteiger partial charge in [-0.3, -0.25) is 4.79 Å². The lowest BCUT2D eigenvalue weighted by Gasteiger charge is -2.30. The highest BCUT2D eigenvalue weighted by Gasteiger charge is 2.29. The Hall–Kier alpha value is -1.62. The van der Waals surface area contributed by atoms with Crippen molar-refractivity contribution in [3.8, 4) is 0 Å². The van der Waals surface area contributed by atoms with Crippen molar-refractivity contribution < 1.29 is 4.79 Å². The van der Waals surface area contributed by atoms with Crippen LogP contribution in [0, 0.1) is 0 Å². The molecule has 1 unspecified atom stereocenters. The molecule has 3 heterocycles. The van der Waals surface area contributed by atoms with E-state index in [9.17, 15) is 4.79 Å². The Balaban J connectivity index is 1.92. The second kappa shape index (κ2) is 5.79. The summed E-state index contributed by atoms with van der Waals surface area (Å²) in [5.41, 5.74) is 3.52. The van der Waals surface area contributed by atoms with Gasteiger partial charge in [0.15, 0.2) is 0 Å². The summed E-state index contributed by atoms with van der Waals surface area (Å²) >= 11 is 1.48.